The Kier molecular flexibility index (Phi) is 0.602. The molecule has 0 amide bonds. The Labute approximate surface area is 35.8 Å². The first-order valence-electron chi connectivity index (χ1n) is 1.72. The Hall–Kier alpha value is -0.860. The first kappa shape index (κ1) is 3.33. The van der Waals surface area contributed by atoms with Gasteiger partial charge in [0.25, 0.3) is 0 Å². The molecular weight excluding hydrogens is 78.1 g/mol. The van der Waals surface area contributed by atoms with Crippen LogP contribution in [0.5, 0.6) is 0 Å². The Morgan fingerprint density at radius 3 is 3.00 bits per heavy atom. The van der Waals surface area contributed by atoms with E-state index in [2.05, 4.69) is 15.5 Å². The Morgan fingerprint density at radius 2 is 2.83 bits per heavy atom. The van der Waals surface area contributed by atoms with Crippen molar-refractivity contribution in [1.82, 2.24) is 10.5 Å². The molecule has 1 aliphatic rings. The maximum absolute atomic E-state index is 3.75. The van der Waals surface area contributed by atoms with Crippen molar-refractivity contribution in [2.75, 3.05) is 0 Å². The number of amidine groups is 1. The van der Waals surface area contributed by atoms with E-state index in [-0.39, 0.29) is 0 Å². The minimum Gasteiger partial charge on any atom is -0.150 e. The summed E-state index contributed by atoms with van der Waals surface area (Å²) in [6, 6.07) is 0. The summed E-state index contributed by atoms with van der Waals surface area (Å²) < 4.78 is 0. The number of hydrogen-bond donors (Lipinski definition) is 1. The monoisotopic (exact) mass is 83.0 g/mol. The summed E-state index contributed by atoms with van der Waals surface area (Å²) in [5.41, 5.74) is 2.57. The molecule has 0 aliphatic carbocycles. The quantitative estimate of drug-likeness (QED) is 0.412. The molecule has 0 aromatic heterocycles. The fraction of sp³-hybridized carbons (Fsp3) is 0.333. The van der Waals surface area contributed by atoms with E-state index in [4.69, 9.17) is 0 Å². The zero-order valence-electron chi connectivity index (χ0n) is 3.47. The summed E-state index contributed by atoms with van der Waals surface area (Å²) in [7, 11) is 0. The molecule has 3 heteroatoms. The van der Waals surface area contributed by atoms with Gasteiger partial charge in [0, 0.05) is 6.92 Å². The molecule has 1 heterocycles. The number of rotatable bonds is 0. The molecule has 0 unspecified atom stereocenters. The highest BCUT2D eigenvalue weighted by Crippen LogP contribution is 1.69. The predicted octanol–water partition coefficient (Wildman–Crippen LogP) is -0.713. The van der Waals surface area contributed by atoms with Crippen molar-refractivity contribution < 1.29 is 0 Å². The first-order chi connectivity index (χ1) is 2.89. The lowest BCUT2D eigenvalue weighted by atomic mass is 10.7. The molecule has 0 fully saturated rings. The third-order valence-electron chi connectivity index (χ3n) is 0.535. The SMILES string of the molecule is CC1=[N+]NC=N1. The average Bonchev–Trinajstić information content (AvgIpc) is 1.86. The molecule has 0 aromatic carbocycles. The van der Waals surface area contributed by atoms with E-state index in [9.17, 15) is 0 Å². The first-order valence-corrected chi connectivity index (χ1v) is 1.72. The molecule has 1 N–H and O–H groups in total. The van der Waals surface area contributed by atoms with Gasteiger partial charge in [0.05, 0.1) is 5.10 Å². The van der Waals surface area contributed by atoms with Gasteiger partial charge < -0.3 is 0 Å². The van der Waals surface area contributed by atoms with Gasteiger partial charge in [-0.3, -0.25) is 0 Å². The van der Waals surface area contributed by atoms with Crippen LogP contribution in [0.2, 0.25) is 0 Å². The fourth-order valence-electron chi connectivity index (χ4n) is 0.273. The highest BCUT2D eigenvalue weighted by molar-refractivity contribution is 5.89. The van der Waals surface area contributed by atoms with Crippen molar-refractivity contribution in [2.24, 2.45) is 4.99 Å². The third kappa shape index (κ3) is 0.381. The smallest absolute Gasteiger partial charge is 0.150 e. The second-order valence-electron chi connectivity index (χ2n) is 1.05. The number of nitrogens with zero attached hydrogens (tertiary/aromatic N) is 2. The third-order valence-corrected chi connectivity index (χ3v) is 0.535. The molecule has 1 radical (unpaired) electrons. The highest BCUT2D eigenvalue weighted by atomic mass is 15.4. The van der Waals surface area contributed by atoms with Crippen molar-refractivity contribution in [3.63, 3.8) is 0 Å². The number of hydrogen-bond acceptors (Lipinski definition) is 3. The summed E-state index contributed by atoms with van der Waals surface area (Å²) in [5.74, 6) is 0.787. The average molecular weight is 83.1 g/mol. The number of aliphatic imine (C=N–C) groups is 1. The van der Waals surface area contributed by atoms with Crippen LogP contribution in [-0.4, -0.2) is 12.2 Å². The maximum Gasteiger partial charge on any atom is 0.362 e. The molecule has 1 aliphatic heterocycles. The van der Waals surface area contributed by atoms with E-state index in [0.29, 0.717) is 0 Å². The van der Waals surface area contributed by atoms with Gasteiger partial charge >= 0.3 is 5.84 Å². The lowest BCUT2D eigenvalue weighted by molar-refractivity contribution is 0.956. The molecule has 0 atom stereocenters. The van der Waals surface area contributed by atoms with Gasteiger partial charge in [-0.15, -0.1) is 0 Å². The van der Waals surface area contributed by atoms with Gasteiger partial charge in [-0.25, -0.2) is 0 Å². The maximum atomic E-state index is 3.75. The largest absolute Gasteiger partial charge is 0.362 e. The zero-order chi connectivity index (χ0) is 4.41. The number of hydrazone groups is 1. The van der Waals surface area contributed by atoms with Crippen LogP contribution in [0.1, 0.15) is 6.92 Å². The van der Waals surface area contributed by atoms with Gasteiger partial charge in [-0.2, -0.15) is 5.43 Å². The van der Waals surface area contributed by atoms with Crippen molar-refractivity contribution >= 4 is 12.2 Å². The standard InChI is InChI=1S/C3H5N3/c1-3-4-2-5-6-3/h2H,1H3,(H,4,5)/q+1. The summed E-state index contributed by atoms with van der Waals surface area (Å²) in [4.78, 5) is 3.75. The summed E-state index contributed by atoms with van der Waals surface area (Å²) in [6.07, 6.45) is 1.55. The summed E-state index contributed by atoms with van der Waals surface area (Å²) in [6.45, 7) is 1.83. The van der Waals surface area contributed by atoms with Crippen LogP contribution in [0.25, 0.3) is 0 Å². The van der Waals surface area contributed by atoms with Crippen LogP contribution in [0.3, 0.4) is 0 Å². The fourth-order valence-corrected chi connectivity index (χ4v) is 0.273. The molecule has 0 aromatic rings. The predicted molar refractivity (Wildman–Crippen MR) is 24.4 cm³/mol. The van der Waals surface area contributed by atoms with Crippen LogP contribution >= 0.6 is 0 Å². The molecule has 31 valence electrons. The van der Waals surface area contributed by atoms with Crippen LogP contribution in [0, 0.1) is 0 Å². The van der Waals surface area contributed by atoms with Crippen LogP contribution in [0.15, 0.2) is 4.99 Å². The molecule has 0 spiro atoms. The molecule has 0 saturated heterocycles. The van der Waals surface area contributed by atoms with Crippen molar-refractivity contribution in [3.8, 4) is 0 Å². The van der Waals surface area contributed by atoms with Gasteiger partial charge in [-0.1, -0.05) is 0 Å². The molecular formula is C3H5N3+. The summed E-state index contributed by atoms with van der Waals surface area (Å²) >= 11 is 0. The van der Waals surface area contributed by atoms with Gasteiger partial charge in [0.15, 0.2) is 0 Å². The zero-order valence-corrected chi connectivity index (χ0v) is 3.47. The van der Waals surface area contributed by atoms with Gasteiger partial charge in [0.1, 0.15) is 0 Å². The second-order valence-corrected chi connectivity index (χ2v) is 1.05. The van der Waals surface area contributed by atoms with Crippen molar-refractivity contribution in [3.05, 3.63) is 0 Å². The number of nitrogens with one attached hydrogen (secondary N) is 1. The molecule has 0 saturated carbocycles. The molecule has 3 nitrogen and oxygen atoms in total. The second kappa shape index (κ2) is 1.08. The molecule has 6 heavy (non-hydrogen) atoms. The Morgan fingerprint density at radius 1 is 2.00 bits per heavy atom. The van der Waals surface area contributed by atoms with Crippen molar-refractivity contribution in [1.29, 1.82) is 0 Å². The minimum atomic E-state index is 0.787. The Bertz CT molecular complexity index is 99.9. The van der Waals surface area contributed by atoms with Crippen molar-refractivity contribution in [2.45, 2.75) is 6.92 Å². The van der Waals surface area contributed by atoms with Crippen LogP contribution in [0.4, 0.5) is 0 Å². The topological polar surface area (TPSA) is 38.5 Å². The molecule has 1 rings (SSSR count). The lowest BCUT2D eigenvalue weighted by Gasteiger charge is -1.55. The van der Waals surface area contributed by atoms with Gasteiger partial charge in [-0.05, 0) is 4.99 Å². The van der Waals surface area contributed by atoms with E-state index in [1.54, 1.807) is 6.34 Å². The lowest BCUT2D eigenvalue weighted by Crippen LogP contribution is -2.08. The van der Waals surface area contributed by atoms with E-state index in [0.717, 1.165) is 5.84 Å². The summed E-state index contributed by atoms with van der Waals surface area (Å²) in [5, 5.41) is 3.68. The van der Waals surface area contributed by atoms with Crippen LogP contribution in [-0.2, 0) is 0 Å². The van der Waals surface area contributed by atoms with E-state index >= 15 is 0 Å². The minimum absolute atomic E-state index is 0.787. The van der Waals surface area contributed by atoms with Gasteiger partial charge in [0.2, 0.25) is 6.34 Å². The normalized spacial score (nSPS) is 17.2. The Balaban J connectivity index is 2.68. The van der Waals surface area contributed by atoms with E-state index in [1.807, 2.05) is 6.92 Å². The van der Waals surface area contributed by atoms with E-state index in [1.165, 1.54) is 0 Å². The molecule has 0 bridgehead atoms. The highest BCUT2D eigenvalue weighted by Gasteiger charge is 2.03. The van der Waals surface area contributed by atoms with Crippen LogP contribution < -0.4 is 10.5 Å². The van der Waals surface area contributed by atoms with E-state index < -0.39 is 0 Å².